The van der Waals surface area contributed by atoms with Crippen LogP contribution in [0.1, 0.15) is 21.7 Å². The van der Waals surface area contributed by atoms with E-state index in [2.05, 4.69) is 15.5 Å². The molecule has 28 heavy (non-hydrogen) atoms. The molecule has 3 aromatic rings. The number of methoxy groups -OCH3 is 2. The molecule has 0 saturated carbocycles. The van der Waals surface area contributed by atoms with Crippen molar-refractivity contribution in [1.29, 1.82) is 0 Å². The average molecular weight is 398 g/mol. The number of rotatable bonds is 7. The number of aryl methyl sites for hydroxylation is 1. The van der Waals surface area contributed by atoms with Gasteiger partial charge in [-0.15, -0.1) is 10.2 Å². The second-order valence-corrected chi connectivity index (χ2v) is 6.75. The van der Waals surface area contributed by atoms with Crippen molar-refractivity contribution < 1.29 is 14.3 Å². The lowest BCUT2D eigenvalue weighted by molar-refractivity contribution is 0.0949. The lowest BCUT2D eigenvalue weighted by Gasteiger charge is -2.13. The van der Waals surface area contributed by atoms with E-state index in [0.717, 1.165) is 16.4 Å². The number of nitrogens with zero attached hydrogens (tertiary/aromatic N) is 3. The van der Waals surface area contributed by atoms with Crippen molar-refractivity contribution in [2.24, 2.45) is 0 Å². The molecule has 0 fully saturated rings. The number of ether oxygens (including phenoxy) is 2. The molecule has 8 heteroatoms. The molecule has 0 bridgehead atoms. The minimum absolute atomic E-state index is 0.231. The maximum Gasteiger partial charge on any atom is 0.251 e. The van der Waals surface area contributed by atoms with E-state index in [1.807, 2.05) is 42.0 Å². The van der Waals surface area contributed by atoms with Gasteiger partial charge in [0.15, 0.2) is 22.5 Å². The Balaban J connectivity index is 1.83. The van der Waals surface area contributed by atoms with Crippen molar-refractivity contribution in [3.05, 3.63) is 59.4 Å². The first kappa shape index (κ1) is 19.8. The zero-order valence-electron chi connectivity index (χ0n) is 16.2. The minimum Gasteiger partial charge on any atom is -0.493 e. The summed E-state index contributed by atoms with van der Waals surface area (Å²) in [5.74, 6) is 1.50. The van der Waals surface area contributed by atoms with Gasteiger partial charge in [-0.3, -0.25) is 9.36 Å². The highest BCUT2D eigenvalue weighted by molar-refractivity contribution is 7.98. The smallest absolute Gasteiger partial charge is 0.251 e. The maximum atomic E-state index is 12.6. The van der Waals surface area contributed by atoms with Crippen LogP contribution in [0.15, 0.2) is 47.6 Å². The van der Waals surface area contributed by atoms with E-state index in [-0.39, 0.29) is 12.5 Å². The predicted molar refractivity (Wildman–Crippen MR) is 109 cm³/mol. The van der Waals surface area contributed by atoms with Crippen molar-refractivity contribution >= 4 is 17.7 Å². The highest BCUT2D eigenvalue weighted by atomic mass is 32.2. The zero-order chi connectivity index (χ0) is 20.1. The van der Waals surface area contributed by atoms with Crippen LogP contribution >= 0.6 is 11.8 Å². The summed E-state index contributed by atoms with van der Waals surface area (Å²) in [6, 6.07) is 13.0. The number of carbonyl (C=O) groups excluding carboxylic acids is 1. The lowest BCUT2D eigenvalue weighted by Crippen LogP contribution is -2.24. The molecule has 7 nitrogen and oxygen atoms in total. The third kappa shape index (κ3) is 3.96. The summed E-state index contributed by atoms with van der Waals surface area (Å²) in [6.45, 7) is 2.28. The van der Waals surface area contributed by atoms with Gasteiger partial charge in [0.25, 0.3) is 5.91 Å². The molecular formula is C20H22N4O3S. The summed E-state index contributed by atoms with van der Waals surface area (Å²) in [6.07, 6.45) is 1.95. The maximum absolute atomic E-state index is 12.6. The Kier molecular flexibility index (Phi) is 6.20. The van der Waals surface area contributed by atoms with Crippen LogP contribution in [-0.4, -0.2) is 41.1 Å². The number of carbonyl (C=O) groups is 1. The zero-order valence-corrected chi connectivity index (χ0v) is 17.0. The Morgan fingerprint density at radius 3 is 2.54 bits per heavy atom. The molecule has 0 spiro atoms. The summed E-state index contributed by atoms with van der Waals surface area (Å²) in [5.41, 5.74) is 2.57. The van der Waals surface area contributed by atoms with E-state index < -0.39 is 0 Å². The van der Waals surface area contributed by atoms with E-state index in [9.17, 15) is 4.79 Å². The average Bonchev–Trinajstić information content (AvgIpc) is 3.14. The number of thioether (sulfide) groups is 1. The number of aromatic nitrogens is 3. The van der Waals surface area contributed by atoms with Gasteiger partial charge in [0, 0.05) is 5.56 Å². The number of benzene rings is 2. The highest BCUT2D eigenvalue weighted by Crippen LogP contribution is 2.27. The molecule has 0 radical (unpaired) electrons. The molecule has 1 N–H and O–H groups in total. The molecule has 1 aromatic heterocycles. The van der Waals surface area contributed by atoms with E-state index in [4.69, 9.17) is 9.47 Å². The first-order chi connectivity index (χ1) is 13.6. The summed E-state index contributed by atoms with van der Waals surface area (Å²) >= 11 is 1.51. The molecule has 0 atom stereocenters. The Hall–Kier alpha value is -3.00. The highest BCUT2D eigenvalue weighted by Gasteiger charge is 2.16. The molecule has 1 amide bonds. The molecule has 2 aromatic carbocycles. The van der Waals surface area contributed by atoms with Crippen molar-refractivity contribution in [3.8, 4) is 17.2 Å². The van der Waals surface area contributed by atoms with E-state index >= 15 is 0 Å². The number of amides is 1. The summed E-state index contributed by atoms with van der Waals surface area (Å²) in [4.78, 5) is 12.6. The van der Waals surface area contributed by atoms with Gasteiger partial charge in [0.1, 0.15) is 0 Å². The second-order valence-electron chi connectivity index (χ2n) is 5.98. The number of hydrogen-bond acceptors (Lipinski definition) is 6. The quantitative estimate of drug-likeness (QED) is 0.616. The standard InChI is InChI=1S/C20H22N4O3S/c1-13-7-5-6-8-15(13)24-18(22-23-20(24)28-4)12-21-19(25)14-9-10-16(26-2)17(11-14)27-3/h5-11H,12H2,1-4H3,(H,21,25). The molecule has 0 saturated heterocycles. The van der Waals surface area contributed by atoms with Gasteiger partial charge in [-0.05, 0) is 43.0 Å². The van der Waals surface area contributed by atoms with Gasteiger partial charge in [-0.1, -0.05) is 30.0 Å². The molecule has 0 unspecified atom stereocenters. The van der Waals surface area contributed by atoms with Gasteiger partial charge >= 0.3 is 0 Å². The number of hydrogen-bond donors (Lipinski definition) is 1. The fourth-order valence-corrected chi connectivity index (χ4v) is 3.35. The van der Waals surface area contributed by atoms with Crippen LogP contribution in [0.3, 0.4) is 0 Å². The first-order valence-corrected chi connectivity index (χ1v) is 9.86. The Morgan fingerprint density at radius 2 is 1.86 bits per heavy atom. The van der Waals surface area contributed by atoms with Gasteiger partial charge in [0.2, 0.25) is 0 Å². The molecule has 0 aliphatic carbocycles. The Labute approximate surface area is 168 Å². The largest absolute Gasteiger partial charge is 0.493 e. The van der Waals surface area contributed by atoms with Crippen molar-refractivity contribution in [2.75, 3.05) is 20.5 Å². The van der Waals surface area contributed by atoms with Crippen molar-refractivity contribution in [2.45, 2.75) is 18.6 Å². The normalized spacial score (nSPS) is 10.6. The SMILES string of the molecule is COc1ccc(C(=O)NCc2nnc(SC)n2-c2ccccc2C)cc1OC. The van der Waals surface area contributed by atoms with Crippen molar-refractivity contribution in [1.82, 2.24) is 20.1 Å². The fraction of sp³-hybridized carbons (Fsp3) is 0.250. The van der Waals surface area contributed by atoms with Gasteiger partial charge in [-0.25, -0.2) is 0 Å². The monoisotopic (exact) mass is 398 g/mol. The van der Waals surface area contributed by atoms with Crippen molar-refractivity contribution in [3.63, 3.8) is 0 Å². The predicted octanol–water partition coefficient (Wildman–Crippen LogP) is 3.24. The molecule has 146 valence electrons. The molecule has 3 rings (SSSR count). The third-order valence-corrected chi connectivity index (χ3v) is 4.92. The number of nitrogens with one attached hydrogen (secondary N) is 1. The first-order valence-electron chi connectivity index (χ1n) is 8.63. The molecule has 1 heterocycles. The van der Waals surface area contributed by atoms with Crippen LogP contribution in [0.4, 0.5) is 0 Å². The third-order valence-electron chi connectivity index (χ3n) is 4.29. The van der Waals surface area contributed by atoms with E-state index in [0.29, 0.717) is 22.9 Å². The van der Waals surface area contributed by atoms with E-state index in [1.54, 1.807) is 25.3 Å². The van der Waals surface area contributed by atoms with Crippen LogP contribution in [0.5, 0.6) is 11.5 Å². The Morgan fingerprint density at radius 1 is 1.11 bits per heavy atom. The molecule has 0 aliphatic rings. The van der Waals surface area contributed by atoms with Crippen LogP contribution in [0, 0.1) is 6.92 Å². The summed E-state index contributed by atoms with van der Waals surface area (Å²) in [7, 11) is 3.09. The van der Waals surface area contributed by atoms with Crippen LogP contribution < -0.4 is 14.8 Å². The van der Waals surface area contributed by atoms with Crippen LogP contribution in [0.2, 0.25) is 0 Å². The molecule has 0 aliphatic heterocycles. The van der Waals surface area contributed by atoms with Gasteiger partial charge in [0.05, 0.1) is 26.5 Å². The fourth-order valence-electron chi connectivity index (χ4n) is 2.84. The minimum atomic E-state index is -0.231. The second kappa shape index (κ2) is 8.79. The number of para-hydroxylation sites is 1. The van der Waals surface area contributed by atoms with Crippen LogP contribution in [0.25, 0.3) is 5.69 Å². The van der Waals surface area contributed by atoms with Gasteiger partial charge < -0.3 is 14.8 Å². The van der Waals surface area contributed by atoms with E-state index in [1.165, 1.54) is 18.9 Å². The lowest BCUT2D eigenvalue weighted by atomic mass is 10.2. The van der Waals surface area contributed by atoms with Gasteiger partial charge in [-0.2, -0.15) is 0 Å². The Bertz CT molecular complexity index is 987. The summed E-state index contributed by atoms with van der Waals surface area (Å²) in [5, 5.41) is 12.2. The molecular weight excluding hydrogens is 376 g/mol. The summed E-state index contributed by atoms with van der Waals surface area (Å²) < 4.78 is 12.4. The topological polar surface area (TPSA) is 78.3 Å². The van der Waals surface area contributed by atoms with Crippen LogP contribution in [-0.2, 0) is 6.54 Å².